The summed E-state index contributed by atoms with van der Waals surface area (Å²) in [6, 6.07) is 2.29. The smallest absolute Gasteiger partial charge is 0.251 e. The summed E-state index contributed by atoms with van der Waals surface area (Å²) in [7, 11) is -3.08. The van der Waals surface area contributed by atoms with E-state index in [0.717, 1.165) is 11.6 Å². The number of rotatable bonds is 1. The summed E-state index contributed by atoms with van der Waals surface area (Å²) in [5.41, 5.74) is 0.423. The molecule has 2 atom stereocenters. The SMILES string of the molecule is O=S1(=O)C2C=C(c3ccc(C(F)(F)F)nc3)CC1CC2. The van der Waals surface area contributed by atoms with E-state index >= 15 is 0 Å². The van der Waals surface area contributed by atoms with Gasteiger partial charge in [0.15, 0.2) is 9.84 Å². The molecule has 1 saturated heterocycles. The molecule has 108 valence electrons. The molecular formula is C13H12F3NO2S. The molecule has 2 aliphatic heterocycles. The van der Waals surface area contributed by atoms with E-state index in [1.54, 1.807) is 6.08 Å². The van der Waals surface area contributed by atoms with Crippen LogP contribution in [0.1, 0.15) is 30.5 Å². The van der Waals surface area contributed by atoms with E-state index in [1.165, 1.54) is 12.3 Å². The van der Waals surface area contributed by atoms with Crippen molar-refractivity contribution in [2.75, 3.05) is 0 Å². The van der Waals surface area contributed by atoms with Crippen molar-refractivity contribution in [3.8, 4) is 0 Å². The van der Waals surface area contributed by atoms with Gasteiger partial charge in [0, 0.05) is 6.20 Å². The Bertz CT molecular complexity index is 662. The van der Waals surface area contributed by atoms with Gasteiger partial charge in [0.1, 0.15) is 5.69 Å². The largest absolute Gasteiger partial charge is 0.433 e. The zero-order valence-corrected chi connectivity index (χ0v) is 11.2. The minimum atomic E-state index is -4.46. The third kappa shape index (κ3) is 2.13. The van der Waals surface area contributed by atoms with E-state index in [9.17, 15) is 21.6 Å². The van der Waals surface area contributed by atoms with Crippen molar-refractivity contribution < 1.29 is 21.6 Å². The van der Waals surface area contributed by atoms with Crippen LogP contribution in [0.15, 0.2) is 24.4 Å². The number of fused-ring (bicyclic) bond motifs is 2. The van der Waals surface area contributed by atoms with Crippen molar-refractivity contribution in [2.45, 2.75) is 35.9 Å². The number of aromatic nitrogens is 1. The fraction of sp³-hybridized carbons (Fsp3) is 0.462. The molecule has 1 aromatic heterocycles. The van der Waals surface area contributed by atoms with Gasteiger partial charge in [-0.05, 0) is 36.5 Å². The average molecular weight is 303 g/mol. The Balaban J connectivity index is 1.92. The highest BCUT2D eigenvalue weighted by molar-refractivity contribution is 7.93. The van der Waals surface area contributed by atoms with Gasteiger partial charge in [0.2, 0.25) is 0 Å². The highest BCUT2D eigenvalue weighted by atomic mass is 32.2. The zero-order valence-electron chi connectivity index (χ0n) is 10.4. The van der Waals surface area contributed by atoms with E-state index in [0.29, 0.717) is 24.8 Å². The van der Waals surface area contributed by atoms with Crippen molar-refractivity contribution >= 4 is 15.4 Å². The van der Waals surface area contributed by atoms with Crippen LogP contribution in [0.5, 0.6) is 0 Å². The molecule has 20 heavy (non-hydrogen) atoms. The summed E-state index contributed by atoms with van der Waals surface area (Å²) in [6.45, 7) is 0. The van der Waals surface area contributed by atoms with Gasteiger partial charge in [0.05, 0.1) is 10.5 Å². The van der Waals surface area contributed by atoms with Gasteiger partial charge in [-0.1, -0.05) is 12.1 Å². The van der Waals surface area contributed by atoms with Crippen LogP contribution in [0.2, 0.25) is 0 Å². The molecule has 0 aliphatic carbocycles. The first-order valence-electron chi connectivity index (χ1n) is 6.25. The molecule has 3 heterocycles. The van der Waals surface area contributed by atoms with Gasteiger partial charge in [-0.25, -0.2) is 8.42 Å². The third-order valence-electron chi connectivity index (χ3n) is 3.92. The van der Waals surface area contributed by atoms with Gasteiger partial charge < -0.3 is 0 Å². The summed E-state index contributed by atoms with van der Waals surface area (Å²) in [5, 5.41) is -0.881. The molecule has 7 heteroatoms. The van der Waals surface area contributed by atoms with Gasteiger partial charge in [-0.3, -0.25) is 4.98 Å². The summed E-state index contributed by atoms with van der Waals surface area (Å²) >= 11 is 0. The Kier molecular flexibility index (Phi) is 2.93. The van der Waals surface area contributed by atoms with Gasteiger partial charge in [-0.2, -0.15) is 13.2 Å². The van der Waals surface area contributed by atoms with Crippen molar-refractivity contribution in [3.05, 3.63) is 35.7 Å². The normalized spacial score (nSPS) is 28.2. The molecule has 0 saturated carbocycles. The first kappa shape index (κ1) is 13.6. The number of hydrogen-bond acceptors (Lipinski definition) is 3. The molecule has 0 spiro atoms. The number of pyridine rings is 1. The van der Waals surface area contributed by atoms with Crippen LogP contribution in [0, 0.1) is 0 Å². The summed E-state index contributed by atoms with van der Waals surface area (Å²) in [6.07, 6.45) is -0.0194. The molecule has 2 aliphatic rings. The van der Waals surface area contributed by atoms with Crippen molar-refractivity contribution in [2.24, 2.45) is 0 Å². The second-order valence-corrected chi connectivity index (χ2v) is 7.60. The summed E-state index contributed by atoms with van der Waals surface area (Å²) < 4.78 is 61.2. The van der Waals surface area contributed by atoms with E-state index in [1.807, 2.05) is 0 Å². The Labute approximate surface area is 114 Å². The second kappa shape index (κ2) is 4.31. The maximum absolute atomic E-state index is 12.4. The van der Waals surface area contributed by atoms with Crippen LogP contribution >= 0.6 is 0 Å². The van der Waals surface area contributed by atoms with Crippen LogP contribution in [0.3, 0.4) is 0 Å². The van der Waals surface area contributed by atoms with E-state index in [2.05, 4.69) is 4.98 Å². The molecule has 3 rings (SSSR count). The maximum Gasteiger partial charge on any atom is 0.433 e. The lowest BCUT2D eigenvalue weighted by atomic mass is 10.0. The minimum Gasteiger partial charge on any atom is -0.251 e. The predicted octanol–water partition coefficient (Wildman–Crippen LogP) is 2.83. The number of allylic oxidation sites excluding steroid dienone is 1. The van der Waals surface area contributed by atoms with Crippen LogP contribution < -0.4 is 0 Å². The van der Waals surface area contributed by atoms with Crippen LogP contribution in [0.4, 0.5) is 13.2 Å². The third-order valence-corrected chi connectivity index (χ3v) is 6.47. The quantitative estimate of drug-likeness (QED) is 0.801. The minimum absolute atomic E-state index is 0.367. The van der Waals surface area contributed by atoms with E-state index in [4.69, 9.17) is 0 Å². The average Bonchev–Trinajstić information content (AvgIpc) is 2.57. The molecule has 1 fully saturated rings. The number of nitrogens with zero attached hydrogens (tertiary/aromatic N) is 1. The van der Waals surface area contributed by atoms with Crippen molar-refractivity contribution in [3.63, 3.8) is 0 Å². The van der Waals surface area contributed by atoms with Crippen molar-refractivity contribution in [1.29, 1.82) is 0 Å². The predicted molar refractivity (Wildman–Crippen MR) is 67.6 cm³/mol. The number of sulfone groups is 1. The van der Waals surface area contributed by atoms with Gasteiger partial charge >= 0.3 is 6.18 Å². The number of alkyl halides is 3. The molecule has 1 aromatic rings. The van der Waals surface area contributed by atoms with E-state index < -0.39 is 32.2 Å². The Morgan fingerprint density at radius 2 is 1.95 bits per heavy atom. The second-order valence-electron chi connectivity index (χ2n) is 5.15. The fourth-order valence-electron chi connectivity index (χ4n) is 2.83. The summed E-state index contributed by atoms with van der Waals surface area (Å²) in [5.74, 6) is 0. The van der Waals surface area contributed by atoms with Crippen LogP contribution in [-0.4, -0.2) is 23.9 Å². The zero-order chi connectivity index (χ0) is 14.5. The number of hydrogen-bond donors (Lipinski definition) is 0. The molecule has 0 amide bonds. The van der Waals surface area contributed by atoms with Gasteiger partial charge in [0.25, 0.3) is 0 Å². The first-order valence-corrected chi connectivity index (χ1v) is 7.86. The maximum atomic E-state index is 12.4. The molecule has 0 aromatic carbocycles. The Morgan fingerprint density at radius 3 is 2.50 bits per heavy atom. The summed E-state index contributed by atoms with van der Waals surface area (Å²) in [4.78, 5) is 3.42. The van der Waals surface area contributed by atoms with E-state index in [-0.39, 0.29) is 0 Å². The monoisotopic (exact) mass is 303 g/mol. The molecule has 2 bridgehead atoms. The standard InChI is InChI=1S/C13H12F3NO2S/c14-13(15,16)12-4-1-8(7-17-12)9-5-10-2-3-11(6-9)20(10,18)19/h1,4-5,7,10-11H,2-3,6H2. The molecule has 0 N–H and O–H groups in total. The lowest BCUT2D eigenvalue weighted by Gasteiger charge is -2.20. The van der Waals surface area contributed by atoms with Crippen LogP contribution in [0.25, 0.3) is 5.57 Å². The van der Waals surface area contributed by atoms with Crippen LogP contribution in [-0.2, 0) is 16.0 Å². The lowest BCUT2D eigenvalue weighted by molar-refractivity contribution is -0.141. The Morgan fingerprint density at radius 1 is 1.20 bits per heavy atom. The molecular weight excluding hydrogens is 291 g/mol. The topological polar surface area (TPSA) is 47.0 Å². The van der Waals surface area contributed by atoms with Gasteiger partial charge in [-0.15, -0.1) is 0 Å². The molecule has 3 nitrogen and oxygen atoms in total. The fourth-order valence-corrected chi connectivity index (χ4v) is 5.01. The molecule has 0 radical (unpaired) electrons. The molecule has 2 unspecified atom stereocenters. The Hall–Kier alpha value is -1.37. The lowest BCUT2D eigenvalue weighted by Crippen LogP contribution is -2.26. The highest BCUT2D eigenvalue weighted by Gasteiger charge is 2.43. The number of halogens is 3. The van der Waals surface area contributed by atoms with Crippen molar-refractivity contribution in [1.82, 2.24) is 4.98 Å². The first-order chi connectivity index (χ1) is 9.28. The highest BCUT2D eigenvalue weighted by Crippen LogP contribution is 2.40.